The van der Waals surface area contributed by atoms with E-state index in [4.69, 9.17) is 0 Å². The molecule has 0 aliphatic rings. The first-order valence-electron chi connectivity index (χ1n) is 2.15. The Morgan fingerprint density at radius 2 is 1.67 bits per heavy atom. The molecule has 0 radical (unpaired) electrons. The van der Waals surface area contributed by atoms with Crippen LogP contribution in [-0.4, -0.2) is 11.5 Å². The smallest absolute Gasteiger partial charge is 0.0189 e. The molecule has 6 heavy (non-hydrogen) atoms. The molecule has 0 aromatic carbocycles. The zero-order valence-electron chi connectivity index (χ0n) is 4.20. The lowest BCUT2D eigenvalue weighted by Gasteiger charge is -1.84. The van der Waals surface area contributed by atoms with Crippen molar-refractivity contribution in [2.24, 2.45) is 0 Å². The normalized spacial score (nSPS) is 10.0. The fraction of sp³-hybridized carbons (Fsp3) is 1.00. The molecular weight excluding hydrogens is 160 g/mol. The van der Waals surface area contributed by atoms with Crippen LogP contribution in [-0.2, 0) is 9.33 Å². The summed E-state index contributed by atoms with van der Waals surface area (Å²) in [5.74, 6) is 2.55. The summed E-state index contributed by atoms with van der Waals surface area (Å²) in [5, 5.41) is 0. The van der Waals surface area contributed by atoms with Crippen LogP contribution < -0.4 is 0 Å². The third-order valence-electron chi connectivity index (χ3n) is 0.626. The maximum Gasteiger partial charge on any atom is 0.232 e. The van der Waals surface area contributed by atoms with E-state index in [0.717, 1.165) is 0 Å². The molecule has 38 valence electrons. The standard InChI is InChI=1S/C4H10BrS/c1-3-6(5)4-2/h3-4H2,1-2H3/q+1. The van der Waals surface area contributed by atoms with Gasteiger partial charge in [-0.3, -0.25) is 0 Å². The molecule has 0 nitrogen and oxygen atoms in total. The van der Waals surface area contributed by atoms with Gasteiger partial charge in [0, 0.05) is 0 Å². The zero-order valence-corrected chi connectivity index (χ0v) is 6.60. The van der Waals surface area contributed by atoms with Crippen molar-refractivity contribution in [2.45, 2.75) is 13.8 Å². The molecule has 0 bridgehead atoms. The van der Waals surface area contributed by atoms with Crippen molar-refractivity contribution in [3.05, 3.63) is 0 Å². The molecule has 0 aromatic heterocycles. The predicted octanol–water partition coefficient (Wildman–Crippen LogP) is 1.95. The Morgan fingerprint density at radius 3 is 1.67 bits per heavy atom. The minimum atomic E-state index is 0.529. The van der Waals surface area contributed by atoms with E-state index in [-0.39, 0.29) is 0 Å². The van der Waals surface area contributed by atoms with Gasteiger partial charge in [-0.15, -0.1) is 0 Å². The van der Waals surface area contributed by atoms with Gasteiger partial charge < -0.3 is 0 Å². The van der Waals surface area contributed by atoms with Crippen LogP contribution in [0.5, 0.6) is 0 Å². The van der Waals surface area contributed by atoms with E-state index < -0.39 is 0 Å². The fourth-order valence-electron chi connectivity index (χ4n) is 0.204. The van der Waals surface area contributed by atoms with Gasteiger partial charge in [0.2, 0.25) is 14.8 Å². The summed E-state index contributed by atoms with van der Waals surface area (Å²) in [6.45, 7) is 4.39. The first-order chi connectivity index (χ1) is 2.81. The molecule has 0 N–H and O–H groups in total. The summed E-state index contributed by atoms with van der Waals surface area (Å²) in [6, 6.07) is 0. The van der Waals surface area contributed by atoms with Crippen LogP contribution in [0, 0.1) is 0 Å². The molecule has 2 heteroatoms. The van der Waals surface area contributed by atoms with Gasteiger partial charge in [-0.25, -0.2) is 0 Å². The van der Waals surface area contributed by atoms with Crippen LogP contribution >= 0.6 is 14.8 Å². The van der Waals surface area contributed by atoms with E-state index >= 15 is 0 Å². The lowest BCUT2D eigenvalue weighted by atomic mass is 11.0. The Balaban J connectivity index is 2.75. The van der Waals surface area contributed by atoms with Gasteiger partial charge in [-0.2, -0.15) is 0 Å². The van der Waals surface area contributed by atoms with Crippen LogP contribution in [0.4, 0.5) is 0 Å². The van der Waals surface area contributed by atoms with E-state index in [1.54, 1.807) is 0 Å². The van der Waals surface area contributed by atoms with Crippen LogP contribution in [0.3, 0.4) is 0 Å². The molecule has 0 aromatic rings. The monoisotopic (exact) mass is 169 g/mol. The van der Waals surface area contributed by atoms with Crippen molar-refractivity contribution in [3.63, 3.8) is 0 Å². The van der Waals surface area contributed by atoms with Gasteiger partial charge >= 0.3 is 0 Å². The number of hydrogen-bond acceptors (Lipinski definition) is 0. The minimum Gasteiger partial charge on any atom is -0.0189 e. The lowest BCUT2D eigenvalue weighted by molar-refractivity contribution is 1.45. The van der Waals surface area contributed by atoms with Crippen LogP contribution in [0.1, 0.15) is 13.8 Å². The summed E-state index contributed by atoms with van der Waals surface area (Å²) in [6.07, 6.45) is 0. The van der Waals surface area contributed by atoms with E-state index in [9.17, 15) is 0 Å². The largest absolute Gasteiger partial charge is 0.232 e. The van der Waals surface area contributed by atoms with E-state index in [1.807, 2.05) is 0 Å². The molecule has 0 atom stereocenters. The van der Waals surface area contributed by atoms with Crippen molar-refractivity contribution >= 4 is 24.1 Å². The summed E-state index contributed by atoms with van der Waals surface area (Å²) in [5.41, 5.74) is 0. The quantitative estimate of drug-likeness (QED) is 0.555. The van der Waals surface area contributed by atoms with Crippen molar-refractivity contribution in [2.75, 3.05) is 11.5 Å². The molecule has 0 heterocycles. The Bertz CT molecular complexity index is 26.7. The fourth-order valence-corrected chi connectivity index (χ4v) is 0.612. The first-order valence-corrected chi connectivity index (χ1v) is 5.55. The highest BCUT2D eigenvalue weighted by Crippen LogP contribution is 2.03. The summed E-state index contributed by atoms with van der Waals surface area (Å²) in [7, 11) is 0.529. The predicted molar refractivity (Wildman–Crippen MR) is 37.4 cm³/mol. The molecule has 0 saturated carbocycles. The average molecular weight is 170 g/mol. The van der Waals surface area contributed by atoms with Crippen LogP contribution in [0.25, 0.3) is 0 Å². The molecular formula is C4H10BrS+. The van der Waals surface area contributed by atoms with E-state index in [2.05, 4.69) is 28.7 Å². The third kappa shape index (κ3) is 3.04. The van der Waals surface area contributed by atoms with Crippen molar-refractivity contribution in [1.82, 2.24) is 0 Å². The zero-order chi connectivity index (χ0) is 4.99. The van der Waals surface area contributed by atoms with Crippen LogP contribution in [0.15, 0.2) is 0 Å². The SMILES string of the molecule is CC[S+](Br)CC. The van der Waals surface area contributed by atoms with Gasteiger partial charge in [-0.1, -0.05) is 0 Å². The van der Waals surface area contributed by atoms with Gasteiger partial charge in [-0.05, 0) is 13.8 Å². The summed E-state index contributed by atoms with van der Waals surface area (Å²) in [4.78, 5) is 0. The van der Waals surface area contributed by atoms with Gasteiger partial charge in [0.25, 0.3) is 0 Å². The molecule has 0 amide bonds. The van der Waals surface area contributed by atoms with Crippen LogP contribution in [0.2, 0.25) is 0 Å². The topological polar surface area (TPSA) is 0 Å². The highest BCUT2D eigenvalue weighted by Gasteiger charge is 2.03. The summed E-state index contributed by atoms with van der Waals surface area (Å²) >= 11 is 3.50. The number of halogens is 1. The first kappa shape index (κ1) is 6.83. The molecule has 0 aliphatic heterocycles. The second kappa shape index (κ2) is 4.00. The molecule has 0 fully saturated rings. The minimum absolute atomic E-state index is 0.529. The Kier molecular flexibility index (Phi) is 4.56. The van der Waals surface area contributed by atoms with Gasteiger partial charge in [0.05, 0.1) is 9.33 Å². The Hall–Kier alpha value is 0.830. The Morgan fingerprint density at radius 1 is 1.33 bits per heavy atom. The summed E-state index contributed by atoms with van der Waals surface area (Å²) < 4.78 is 0. The van der Waals surface area contributed by atoms with E-state index in [1.165, 1.54) is 11.5 Å². The maximum absolute atomic E-state index is 3.50. The lowest BCUT2D eigenvalue weighted by Crippen LogP contribution is -1.94. The Labute approximate surface area is 49.9 Å². The molecule has 0 aliphatic carbocycles. The highest BCUT2D eigenvalue weighted by atomic mass is 79.9. The maximum atomic E-state index is 3.50. The number of hydrogen-bond donors (Lipinski definition) is 0. The van der Waals surface area contributed by atoms with E-state index in [0.29, 0.717) is 9.33 Å². The highest BCUT2D eigenvalue weighted by molar-refractivity contribution is 9.48. The second-order valence-electron chi connectivity index (χ2n) is 1.000. The average Bonchev–Trinajstić information content (AvgIpc) is 1.65. The molecule has 0 spiro atoms. The van der Waals surface area contributed by atoms with Gasteiger partial charge in [0.15, 0.2) is 0 Å². The molecule has 0 saturated heterocycles. The van der Waals surface area contributed by atoms with Crippen molar-refractivity contribution in [1.29, 1.82) is 0 Å². The second-order valence-corrected chi connectivity index (χ2v) is 5.75. The van der Waals surface area contributed by atoms with Crippen molar-refractivity contribution in [3.8, 4) is 0 Å². The van der Waals surface area contributed by atoms with Crippen molar-refractivity contribution < 1.29 is 0 Å². The molecule has 0 rings (SSSR count). The third-order valence-corrected chi connectivity index (χ3v) is 4.63. The molecule has 0 unspecified atom stereocenters. The number of rotatable bonds is 2. The van der Waals surface area contributed by atoms with Gasteiger partial charge in [0.1, 0.15) is 11.5 Å².